The average Bonchev–Trinajstić information content (AvgIpc) is 2.69. The Labute approximate surface area is 127 Å². The summed E-state index contributed by atoms with van der Waals surface area (Å²) in [4.78, 5) is 1.98. The van der Waals surface area contributed by atoms with E-state index in [4.69, 9.17) is 11.6 Å². The van der Waals surface area contributed by atoms with Crippen LogP contribution in [-0.4, -0.2) is 6.61 Å². The summed E-state index contributed by atoms with van der Waals surface area (Å²) >= 11 is 11.3. The zero-order valence-corrected chi connectivity index (χ0v) is 13.0. The van der Waals surface area contributed by atoms with E-state index in [1.54, 1.807) is 18.2 Å². The van der Waals surface area contributed by atoms with Gasteiger partial charge in [0.1, 0.15) is 5.75 Å². The molecule has 6 heteroatoms. The highest BCUT2D eigenvalue weighted by Gasteiger charge is 2.20. The molecule has 0 amide bonds. The lowest BCUT2D eigenvalue weighted by molar-refractivity contribution is -0.0504. The summed E-state index contributed by atoms with van der Waals surface area (Å²) in [6.45, 7) is -0.898. The first kappa shape index (κ1) is 14.8. The minimum Gasteiger partial charge on any atom is -0.434 e. The first-order chi connectivity index (χ1) is 8.99. The van der Waals surface area contributed by atoms with E-state index in [0.717, 1.165) is 14.2 Å². The average molecular weight is 368 g/mol. The maximum atomic E-state index is 12.4. The second-order valence-corrected chi connectivity index (χ2v) is 6.41. The lowest BCUT2D eigenvalue weighted by atomic mass is 10.1. The monoisotopic (exact) mass is 366 g/mol. The van der Waals surface area contributed by atoms with Crippen LogP contribution in [-0.2, 0) is 0 Å². The highest BCUT2D eigenvalue weighted by atomic mass is 79.9. The summed E-state index contributed by atoms with van der Waals surface area (Å²) in [5.74, 6) is 0.111. The molecular formula is C13H10BrClF2OS. The molecule has 1 atom stereocenters. The van der Waals surface area contributed by atoms with E-state index in [2.05, 4.69) is 20.7 Å². The number of rotatable bonds is 4. The standard InChI is InChI=1S/C13H10BrClF2OS/c1-7-9(14)6-11(19-7)12(15)8-4-2-3-5-10(8)18-13(16)17/h2-6,12-13H,1H3. The summed E-state index contributed by atoms with van der Waals surface area (Å²) in [5, 5.41) is -0.509. The largest absolute Gasteiger partial charge is 0.434 e. The van der Waals surface area contributed by atoms with Crippen molar-refractivity contribution < 1.29 is 13.5 Å². The Balaban J connectivity index is 2.35. The molecule has 0 bridgehead atoms. The molecule has 0 saturated carbocycles. The molecule has 0 aliphatic heterocycles. The Hall–Kier alpha value is -0.650. The van der Waals surface area contributed by atoms with Crippen LogP contribution >= 0.6 is 38.9 Å². The summed E-state index contributed by atoms with van der Waals surface area (Å²) in [6, 6.07) is 8.47. The van der Waals surface area contributed by atoms with Gasteiger partial charge in [-0.3, -0.25) is 0 Å². The number of aryl methyl sites for hydroxylation is 1. The molecule has 1 aromatic heterocycles. The van der Waals surface area contributed by atoms with Gasteiger partial charge in [-0.25, -0.2) is 0 Å². The molecule has 1 aromatic carbocycles. The van der Waals surface area contributed by atoms with Gasteiger partial charge in [-0.1, -0.05) is 18.2 Å². The molecule has 0 saturated heterocycles. The molecule has 0 N–H and O–H groups in total. The van der Waals surface area contributed by atoms with Crippen molar-refractivity contribution in [1.82, 2.24) is 0 Å². The zero-order chi connectivity index (χ0) is 14.0. The van der Waals surface area contributed by atoms with Crippen LogP contribution < -0.4 is 4.74 Å². The molecule has 1 heterocycles. The van der Waals surface area contributed by atoms with E-state index in [9.17, 15) is 8.78 Å². The quantitative estimate of drug-likeness (QED) is 0.625. The number of halogens is 4. The van der Waals surface area contributed by atoms with Crippen LogP contribution in [0.15, 0.2) is 34.8 Å². The van der Waals surface area contributed by atoms with Crippen LogP contribution in [0.5, 0.6) is 5.75 Å². The molecule has 2 aromatic rings. The molecule has 102 valence electrons. The number of alkyl halides is 3. The Morgan fingerprint density at radius 3 is 2.58 bits per heavy atom. The topological polar surface area (TPSA) is 9.23 Å². The third-order valence-corrected chi connectivity index (χ3v) is 5.34. The van der Waals surface area contributed by atoms with Crippen molar-refractivity contribution in [3.05, 3.63) is 50.1 Å². The highest BCUT2D eigenvalue weighted by Crippen LogP contribution is 2.40. The van der Waals surface area contributed by atoms with Crippen molar-refractivity contribution in [2.45, 2.75) is 18.9 Å². The molecule has 1 nitrogen and oxygen atoms in total. The van der Waals surface area contributed by atoms with Crippen molar-refractivity contribution in [3.8, 4) is 5.75 Å². The van der Waals surface area contributed by atoms with E-state index >= 15 is 0 Å². The van der Waals surface area contributed by atoms with Crippen LogP contribution in [0.1, 0.15) is 20.7 Å². The van der Waals surface area contributed by atoms with Crippen LogP contribution in [0.2, 0.25) is 0 Å². The number of hydrogen-bond donors (Lipinski definition) is 0. The number of thiophene rings is 1. The lowest BCUT2D eigenvalue weighted by Gasteiger charge is -2.13. The van der Waals surface area contributed by atoms with E-state index in [1.165, 1.54) is 17.4 Å². The van der Waals surface area contributed by atoms with Gasteiger partial charge in [0.25, 0.3) is 0 Å². The number of para-hydroxylation sites is 1. The van der Waals surface area contributed by atoms with Crippen molar-refractivity contribution in [1.29, 1.82) is 0 Å². The first-order valence-corrected chi connectivity index (χ1v) is 7.47. The van der Waals surface area contributed by atoms with Crippen molar-refractivity contribution >= 4 is 38.9 Å². The summed E-state index contributed by atoms with van der Waals surface area (Å²) in [6.07, 6.45) is 0. The molecule has 19 heavy (non-hydrogen) atoms. The third-order valence-electron chi connectivity index (χ3n) is 2.53. The molecule has 2 rings (SSSR count). The van der Waals surface area contributed by atoms with Crippen LogP contribution in [0.3, 0.4) is 0 Å². The van der Waals surface area contributed by atoms with Gasteiger partial charge in [0, 0.05) is 19.8 Å². The smallest absolute Gasteiger partial charge is 0.387 e. The van der Waals surface area contributed by atoms with Crippen LogP contribution in [0.25, 0.3) is 0 Å². The molecule has 0 aliphatic carbocycles. The van der Waals surface area contributed by atoms with Gasteiger partial charge in [0.15, 0.2) is 0 Å². The fraction of sp³-hybridized carbons (Fsp3) is 0.231. The number of ether oxygens (including phenoxy) is 1. The third kappa shape index (κ3) is 3.46. The maximum absolute atomic E-state index is 12.4. The van der Waals surface area contributed by atoms with Gasteiger partial charge in [0.05, 0.1) is 5.38 Å². The highest BCUT2D eigenvalue weighted by molar-refractivity contribution is 9.10. The fourth-order valence-corrected chi connectivity index (χ4v) is 3.59. The first-order valence-electron chi connectivity index (χ1n) is 5.42. The maximum Gasteiger partial charge on any atom is 0.387 e. The van der Waals surface area contributed by atoms with Gasteiger partial charge < -0.3 is 4.74 Å². The van der Waals surface area contributed by atoms with Gasteiger partial charge >= 0.3 is 6.61 Å². The van der Waals surface area contributed by atoms with Gasteiger partial charge in [-0.05, 0) is 35.0 Å². The van der Waals surface area contributed by atoms with Crippen molar-refractivity contribution in [2.24, 2.45) is 0 Å². The molecule has 0 radical (unpaired) electrons. The van der Waals surface area contributed by atoms with Crippen LogP contribution in [0, 0.1) is 6.92 Å². The zero-order valence-electron chi connectivity index (χ0n) is 9.87. The Kier molecular flexibility index (Phi) is 4.81. The Bertz CT molecular complexity index is 554. The molecular weight excluding hydrogens is 358 g/mol. The lowest BCUT2D eigenvalue weighted by Crippen LogP contribution is -2.05. The Morgan fingerprint density at radius 2 is 2.00 bits per heavy atom. The Morgan fingerprint density at radius 1 is 1.32 bits per heavy atom. The number of benzene rings is 1. The predicted molar refractivity (Wildman–Crippen MR) is 77.5 cm³/mol. The van der Waals surface area contributed by atoms with Crippen molar-refractivity contribution in [3.63, 3.8) is 0 Å². The van der Waals surface area contributed by atoms with E-state index in [0.29, 0.717) is 5.56 Å². The van der Waals surface area contributed by atoms with Gasteiger partial charge in [-0.15, -0.1) is 22.9 Å². The minimum absolute atomic E-state index is 0.111. The second kappa shape index (κ2) is 6.20. The van der Waals surface area contributed by atoms with Crippen LogP contribution in [0.4, 0.5) is 8.78 Å². The van der Waals surface area contributed by atoms with E-state index in [-0.39, 0.29) is 5.75 Å². The summed E-state index contributed by atoms with van der Waals surface area (Å²) in [5.41, 5.74) is 0.540. The normalized spacial score (nSPS) is 12.7. The predicted octanol–water partition coefficient (Wildman–Crippen LogP) is 5.75. The molecule has 0 aliphatic rings. The summed E-state index contributed by atoms with van der Waals surface area (Å²) < 4.78 is 30.2. The minimum atomic E-state index is -2.86. The number of hydrogen-bond acceptors (Lipinski definition) is 2. The van der Waals surface area contributed by atoms with Gasteiger partial charge in [-0.2, -0.15) is 8.78 Å². The SMILES string of the molecule is Cc1sc(C(Cl)c2ccccc2OC(F)F)cc1Br. The van der Waals surface area contributed by atoms with E-state index in [1.807, 2.05) is 13.0 Å². The molecule has 1 unspecified atom stereocenters. The van der Waals surface area contributed by atoms with Gasteiger partial charge in [0.2, 0.25) is 0 Å². The van der Waals surface area contributed by atoms with E-state index < -0.39 is 12.0 Å². The fourth-order valence-electron chi connectivity index (χ4n) is 1.65. The second-order valence-electron chi connectivity index (χ2n) is 3.83. The summed E-state index contributed by atoms with van der Waals surface area (Å²) in [7, 11) is 0. The molecule has 0 spiro atoms. The van der Waals surface area contributed by atoms with Crippen molar-refractivity contribution in [2.75, 3.05) is 0 Å². The molecule has 0 fully saturated rings.